The highest BCUT2D eigenvalue weighted by atomic mass is 16.5. The maximum Gasteiger partial charge on any atom is 0.251 e. The number of aromatic nitrogens is 2. The standard InChI is InChI=1S/C22H25N3O4/c1-14(15(2)26)25-18-8-6-5-7-17(18)24-21(25)11-12-23-22(27)16-9-10-19(28-3)20(13-16)29-4/h5-10,13-14H,11-12H2,1-4H3,(H,23,27). The predicted molar refractivity (Wildman–Crippen MR) is 111 cm³/mol. The molecule has 0 saturated heterocycles. The maximum absolute atomic E-state index is 12.5. The first-order valence-corrected chi connectivity index (χ1v) is 9.42. The molecule has 0 saturated carbocycles. The van der Waals surface area contributed by atoms with Gasteiger partial charge in [0, 0.05) is 18.5 Å². The molecule has 0 aliphatic carbocycles. The summed E-state index contributed by atoms with van der Waals surface area (Å²) in [6.07, 6.45) is 0.505. The summed E-state index contributed by atoms with van der Waals surface area (Å²) in [5.41, 5.74) is 2.23. The molecule has 0 spiro atoms. The Morgan fingerprint density at radius 2 is 1.83 bits per heavy atom. The quantitative estimate of drug-likeness (QED) is 0.633. The van der Waals surface area contributed by atoms with Crippen molar-refractivity contribution < 1.29 is 19.1 Å². The van der Waals surface area contributed by atoms with Gasteiger partial charge in [-0.15, -0.1) is 0 Å². The van der Waals surface area contributed by atoms with Gasteiger partial charge >= 0.3 is 0 Å². The van der Waals surface area contributed by atoms with Crippen molar-refractivity contribution in [2.75, 3.05) is 20.8 Å². The number of ether oxygens (including phenoxy) is 2. The van der Waals surface area contributed by atoms with Gasteiger partial charge in [-0.05, 0) is 44.2 Å². The first kappa shape index (κ1) is 20.4. The highest BCUT2D eigenvalue weighted by molar-refractivity contribution is 5.94. The second-order valence-electron chi connectivity index (χ2n) is 6.75. The number of hydrogen-bond donors (Lipinski definition) is 1. The van der Waals surface area contributed by atoms with Crippen LogP contribution in [0.5, 0.6) is 11.5 Å². The molecule has 7 heteroatoms. The van der Waals surface area contributed by atoms with Crippen LogP contribution in [0.25, 0.3) is 11.0 Å². The van der Waals surface area contributed by atoms with Crippen molar-refractivity contribution in [2.24, 2.45) is 0 Å². The molecule has 1 N–H and O–H groups in total. The van der Waals surface area contributed by atoms with Gasteiger partial charge in [-0.25, -0.2) is 4.98 Å². The van der Waals surface area contributed by atoms with Gasteiger partial charge in [0.15, 0.2) is 17.3 Å². The lowest BCUT2D eigenvalue weighted by Crippen LogP contribution is -2.27. The number of amides is 1. The molecule has 2 aromatic carbocycles. The summed E-state index contributed by atoms with van der Waals surface area (Å²) < 4.78 is 12.4. The zero-order valence-corrected chi connectivity index (χ0v) is 17.1. The Balaban J connectivity index is 1.75. The molecular formula is C22H25N3O4. The van der Waals surface area contributed by atoms with Crippen LogP contribution in [0.4, 0.5) is 0 Å². The molecule has 7 nitrogen and oxygen atoms in total. The number of fused-ring (bicyclic) bond motifs is 1. The molecule has 3 aromatic rings. The van der Waals surface area contributed by atoms with Gasteiger partial charge in [-0.3, -0.25) is 9.59 Å². The monoisotopic (exact) mass is 395 g/mol. The van der Waals surface area contributed by atoms with E-state index in [1.54, 1.807) is 32.2 Å². The van der Waals surface area contributed by atoms with Crippen LogP contribution in [0, 0.1) is 0 Å². The van der Waals surface area contributed by atoms with Crippen molar-refractivity contribution in [3.8, 4) is 11.5 Å². The summed E-state index contributed by atoms with van der Waals surface area (Å²) in [6.45, 7) is 3.82. The lowest BCUT2D eigenvalue weighted by Gasteiger charge is -2.15. The summed E-state index contributed by atoms with van der Waals surface area (Å²) in [6, 6.07) is 12.4. The number of carbonyl (C=O) groups excluding carboxylic acids is 2. The fourth-order valence-corrected chi connectivity index (χ4v) is 3.25. The maximum atomic E-state index is 12.5. The minimum atomic E-state index is -0.320. The van der Waals surface area contributed by atoms with Gasteiger partial charge in [0.05, 0.1) is 31.3 Å². The number of carbonyl (C=O) groups is 2. The number of Topliss-reactive ketones (excluding diaryl/α,β-unsaturated/α-hetero) is 1. The van der Waals surface area contributed by atoms with E-state index in [1.807, 2.05) is 35.8 Å². The Morgan fingerprint density at radius 3 is 2.52 bits per heavy atom. The van der Waals surface area contributed by atoms with Gasteiger partial charge in [0.1, 0.15) is 5.82 Å². The van der Waals surface area contributed by atoms with Gasteiger partial charge in [-0.1, -0.05) is 12.1 Å². The first-order chi connectivity index (χ1) is 14.0. The van der Waals surface area contributed by atoms with E-state index in [0.717, 1.165) is 16.9 Å². The van der Waals surface area contributed by atoms with Crippen molar-refractivity contribution in [3.63, 3.8) is 0 Å². The molecule has 0 radical (unpaired) electrons. The summed E-state index contributed by atoms with van der Waals surface area (Å²) in [5, 5.41) is 2.90. The topological polar surface area (TPSA) is 82.5 Å². The van der Waals surface area contributed by atoms with Crippen LogP contribution in [0.15, 0.2) is 42.5 Å². The van der Waals surface area contributed by atoms with Gasteiger partial charge < -0.3 is 19.4 Å². The first-order valence-electron chi connectivity index (χ1n) is 9.42. The highest BCUT2D eigenvalue weighted by Crippen LogP contribution is 2.27. The molecule has 1 amide bonds. The minimum Gasteiger partial charge on any atom is -0.493 e. The predicted octanol–water partition coefficient (Wildman–Crippen LogP) is 3.18. The van der Waals surface area contributed by atoms with E-state index >= 15 is 0 Å². The molecule has 0 aliphatic rings. The summed E-state index contributed by atoms with van der Waals surface area (Å²) in [4.78, 5) is 29.1. The molecular weight excluding hydrogens is 370 g/mol. The number of nitrogens with one attached hydrogen (secondary N) is 1. The Bertz CT molecular complexity index is 1040. The van der Waals surface area contributed by atoms with Crippen LogP contribution in [0.1, 0.15) is 36.1 Å². The van der Waals surface area contributed by atoms with Gasteiger partial charge in [0.2, 0.25) is 0 Å². The van der Waals surface area contributed by atoms with E-state index in [-0.39, 0.29) is 17.7 Å². The average Bonchev–Trinajstić information content (AvgIpc) is 3.10. The van der Waals surface area contributed by atoms with E-state index < -0.39 is 0 Å². The van der Waals surface area contributed by atoms with Gasteiger partial charge in [-0.2, -0.15) is 0 Å². The average molecular weight is 395 g/mol. The second-order valence-corrected chi connectivity index (χ2v) is 6.75. The Hall–Kier alpha value is -3.35. The Morgan fingerprint density at radius 1 is 1.10 bits per heavy atom. The second kappa shape index (κ2) is 8.77. The normalized spacial score (nSPS) is 11.9. The molecule has 1 heterocycles. The number of rotatable bonds is 8. The smallest absolute Gasteiger partial charge is 0.251 e. The van der Waals surface area contributed by atoms with Crippen molar-refractivity contribution in [1.82, 2.24) is 14.9 Å². The van der Waals surface area contributed by atoms with Crippen molar-refractivity contribution in [1.29, 1.82) is 0 Å². The Labute approximate surface area is 169 Å². The fraction of sp³-hybridized carbons (Fsp3) is 0.318. The zero-order chi connectivity index (χ0) is 21.0. The molecule has 0 fully saturated rings. The lowest BCUT2D eigenvalue weighted by molar-refractivity contribution is -0.119. The summed E-state index contributed by atoms with van der Waals surface area (Å²) >= 11 is 0. The van der Waals surface area contributed by atoms with E-state index in [9.17, 15) is 9.59 Å². The Kier molecular flexibility index (Phi) is 6.16. The van der Waals surface area contributed by atoms with Gasteiger partial charge in [0.25, 0.3) is 5.91 Å². The minimum absolute atomic E-state index is 0.0590. The lowest BCUT2D eigenvalue weighted by atomic mass is 10.2. The summed E-state index contributed by atoms with van der Waals surface area (Å²) in [5.74, 6) is 1.67. The largest absolute Gasteiger partial charge is 0.493 e. The third-order valence-electron chi connectivity index (χ3n) is 4.92. The number of benzene rings is 2. The number of methoxy groups -OCH3 is 2. The van der Waals surface area contributed by atoms with Crippen LogP contribution in [0.2, 0.25) is 0 Å². The number of ketones is 1. The van der Waals surface area contributed by atoms with E-state index in [2.05, 4.69) is 10.3 Å². The van der Waals surface area contributed by atoms with Crippen molar-refractivity contribution in [3.05, 3.63) is 53.9 Å². The molecule has 29 heavy (non-hydrogen) atoms. The summed E-state index contributed by atoms with van der Waals surface area (Å²) in [7, 11) is 3.08. The number of para-hydroxylation sites is 2. The molecule has 0 bridgehead atoms. The van der Waals surface area contributed by atoms with Crippen molar-refractivity contribution >= 4 is 22.7 Å². The third kappa shape index (κ3) is 4.23. The van der Waals surface area contributed by atoms with Crippen LogP contribution in [-0.4, -0.2) is 42.0 Å². The van der Waals surface area contributed by atoms with Crippen LogP contribution >= 0.6 is 0 Å². The SMILES string of the molecule is COc1ccc(C(=O)NCCc2nc3ccccc3n2C(C)C(C)=O)cc1OC. The molecule has 1 atom stereocenters. The van der Waals surface area contributed by atoms with Crippen molar-refractivity contribution in [2.45, 2.75) is 26.3 Å². The van der Waals surface area contributed by atoms with Crippen LogP contribution in [-0.2, 0) is 11.2 Å². The third-order valence-corrected chi connectivity index (χ3v) is 4.92. The fourth-order valence-electron chi connectivity index (χ4n) is 3.25. The number of imidazole rings is 1. The van der Waals surface area contributed by atoms with Crippen LogP contribution < -0.4 is 14.8 Å². The number of nitrogens with zero attached hydrogens (tertiary/aromatic N) is 2. The zero-order valence-electron chi connectivity index (χ0n) is 17.1. The molecule has 0 aliphatic heterocycles. The molecule has 1 unspecified atom stereocenters. The van der Waals surface area contributed by atoms with E-state index in [0.29, 0.717) is 30.0 Å². The number of hydrogen-bond acceptors (Lipinski definition) is 5. The molecule has 152 valence electrons. The van der Waals surface area contributed by atoms with E-state index in [1.165, 1.54) is 7.11 Å². The molecule has 1 aromatic heterocycles. The van der Waals surface area contributed by atoms with Crippen LogP contribution in [0.3, 0.4) is 0 Å². The van der Waals surface area contributed by atoms with E-state index in [4.69, 9.17) is 9.47 Å². The molecule has 3 rings (SSSR count). The highest BCUT2D eigenvalue weighted by Gasteiger charge is 2.19.